The highest BCUT2D eigenvalue weighted by atomic mass is 32.2. The number of aryl methyl sites for hydroxylation is 1. The Kier molecular flexibility index (Phi) is 4.60. The smallest absolute Gasteiger partial charge is 0.212 e. The van der Waals surface area contributed by atoms with Crippen LogP contribution < -0.4 is 0 Å². The maximum Gasteiger partial charge on any atom is 0.212 e. The molecule has 0 bridgehead atoms. The predicted octanol–water partition coefficient (Wildman–Crippen LogP) is 3.16. The van der Waals surface area contributed by atoms with Gasteiger partial charge in [0.05, 0.1) is 6.21 Å². The van der Waals surface area contributed by atoms with Crippen molar-refractivity contribution in [2.45, 2.75) is 17.8 Å². The van der Waals surface area contributed by atoms with Crippen molar-refractivity contribution in [3.63, 3.8) is 0 Å². The molecule has 0 aliphatic heterocycles. The summed E-state index contributed by atoms with van der Waals surface area (Å²) in [6.07, 6.45) is 6.84. The van der Waals surface area contributed by atoms with E-state index in [0.717, 1.165) is 16.5 Å². The van der Waals surface area contributed by atoms with Crippen molar-refractivity contribution in [2.75, 3.05) is 0 Å². The van der Waals surface area contributed by atoms with Crippen LogP contribution >= 0.6 is 11.8 Å². The minimum absolute atomic E-state index is 0.765. The fraction of sp³-hybridized carbons (Fsp3) is 0.125. The summed E-state index contributed by atoms with van der Waals surface area (Å²) in [7, 11) is 0. The van der Waals surface area contributed by atoms with Crippen molar-refractivity contribution in [1.29, 1.82) is 0 Å². The van der Waals surface area contributed by atoms with E-state index in [9.17, 15) is 0 Å². The Labute approximate surface area is 133 Å². The Balaban J connectivity index is 1.67. The zero-order valence-corrected chi connectivity index (χ0v) is 12.9. The van der Waals surface area contributed by atoms with Crippen LogP contribution in [0.25, 0.3) is 0 Å². The minimum Gasteiger partial charge on any atom is -0.264 e. The Bertz CT molecular complexity index is 750. The molecule has 5 nitrogen and oxygen atoms in total. The van der Waals surface area contributed by atoms with Crippen LogP contribution in [0.5, 0.6) is 0 Å². The topological polar surface area (TPSA) is 56.0 Å². The first-order valence-corrected chi connectivity index (χ1v) is 7.82. The molecule has 1 aromatic carbocycles. The van der Waals surface area contributed by atoms with Gasteiger partial charge in [-0.15, -0.1) is 10.2 Å². The molecule has 110 valence electrons. The molecule has 0 fully saturated rings. The molecule has 3 aromatic rings. The molecule has 0 atom stereocenters. The van der Waals surface area contributed by atoms with Crippen molar-refractivity contribution in [1.82, 2.24) is 19.9 Å². The summed E-state index contributed by atoms with van der Waals surface area (Å²) in [6.45, 7) is 2.08. The van der Waals surface area contributed by atoms with Gasteiger partial charge in [-0.3, -0.25) is 4.98 Å². The van der Waals surface area contributed by atoms with Gasteiger partial charge in [0.25, 0.3) is 0 Å². The van der Waals surface area contributed by atoms with Gasteiger partial charge >= 0.3 is 0 Å². The highest BCUT2D eigenvalue weighted by Gasteiger charge is 2.04. The first-order valence-electron chi connectivity index (χ1n) is 6.84. The monoisotopic (exact) mass is 309 g/mol. The number of thioether (sulfide) groups is 1. The van der Waals surface area contributed by atoms with Crippen LogP contribution in [0, 0.1) is 6.92 Å². The van der Waals surface area contributed by atoms with Crippen molar-refractivity contribution in [3.8, 4) is 0 Å². The highest BCUT2D eigenvalue weighted by molar-refractivity contribution is 7.98. The molecule has 0 N–H and O–H groups in total. The average Bonchev–Trinajstić information content (AvgIpc) is 3.01. The normalized spacial score (nSPS) is 11.1. The van der Waals surface area contributed by atoms with E-state index in [1.54, 1.807) is 41.4 Å². The Morgan fingerprint density at radius 3 is 2.86 bits per heavy atom. The quantitative estimate of drug-likeness (QED) is 0.536. The van der Waals surface area contributed by atoms with Gasteiger partial charge in [0.2, 0.25) is 5.16 Å². The number of hydrogen-bond acceptors (Lipinski definition) is 5. The molecule has 0 spiro atoms. The van der Waals surface area contributed by atoms with E-state index in [-0.39, 0.29) is 0 Å². The Hall–Kier alpha value is -2.47. The molecule has 0 saturated heterocycles. The lowest BCUT2D eigenvalue weighted by Crippen LogP contribution is -1.93. The van der Waals surface area contributed by atoms with Crippen LogP contribution in [0.3, 0.4) is 0 Å². The second kappa shape index (κ2) is 7.00. The van der Waals surface area contributed by atoms with E-state index >= 15 is 0 Å². The fourth-order valence-corrected chi connectivity index (χ4v) is 2.63. The molecule has 6 heteroatoms. The standard InChI is InChI=1S/C16H15N5S/c1-13-4-6-14(7-5-13)11-22-16-20-18-12-21(16)19-10-15-3-2-8-17-9-15/h2-10,12H,11H2,1H3/b19-10+. The maximum atomic E-state index is 4.37. The van der Waals surface area contributed by atoms with E-state index in [4.69, 9.17) is 0 Å². The second-order valence-electron chi connectivity index (χ2n) is 4.76. The summed E-state index contributed by atoms with van der Waals surface area (Å²) in [5.41, 5.74) is 3.45. The lowest BCUT2D eigenvalue weighted by molar-refractivity contribution is 0.767. The average molecular weight is 309 g/mol. The fourth-order valence-electron chi connectivity index (χ4n) is 1.81. The molecule has 0 aliphatic carbocycles. The lowest BCUT2D eigenvalue weighted by atomic mass is 10.2. The van der Waals surface area contributed by atoms with Gasteiger partial charge in [-0.1, -0.05) is 47.7 Å². The third-order valence-corrected chi connectivity index (χ3v) is 4.01. The summed E-state index contributed by atoms with van der Waals surface area (Å²) in [5.74, 6) is 0.835. The van der Waals surface area contributed by atoms with Crippen LogP contribution in [-0.4, -0.2) is 26.1 Å². The van der Waals surface area contributed by atoms with Crippen LogP contribution in [-0.2, 0) is 5.75 Å². The Morgan fingerprint density at radius 2 is 2.09 bits per heavy atom. The molecular formula is C16H15N5S. The summed E-state index contributed by atoms with van der Waals surface area (Å²) < 4.78 is 1.67. The molecule has 0 saturated carbocycles. The number of nitrogens with zero attached hydrogens (tertiary/aromatic N) is 5. The lowest BCUT2D eigenvalue weighted by Gasteiger charge is -2.02. The molecule has 0 unspecified atom stereocenters. The summed E-state index contributed by atoms with van der Waals surface area (Å²) in [6, 6.07) is 12.3. The van der Waals surface area contributed by atoms with E-state index < -0.39 is 0 Å². The minimum atomic E-state index is 0.765. The summed E-state index contributed by atoms with van der Waals surface area (Å²) in [5, 5.41) is 13.2. The van der Waals surface area contributed by atoms with Crippen LogP contribution in [0.15, 0.2) is 65.4 Å². The number of rotatable bonds is 5. The number of benzene rings is 1. The molecule has 2 heterocycles. The van der Waals surface area contributed by atoms with Crippen LogP contribution in [0.1, 0.15) is 16.7 Å². The maximum absolute atomic E-state index is 4.37. The third-order valence-electron chi connectivity index (χ3n) is 3.00. The van der Waals surface area contributed by atoms with Crippen LogP contribution in [0.2, 0.25) is 0 Å². The summed E-state index contributed by atoms with van der Waals surface area (Å²) >= 11 is 1.61. The van der Waals surface area contributed by atoms with Gasteiger partial charge in [-0.25, -0.2) is 0 Å². The van der Waals surface area contributed by atoms with Gasteiger partial charge in [0.1, 0.15) is 6.33 Å². The predicted molar refractivity (Wildman–Crippen MR) is 88.0 cm³/mol. The van der Waals surface area contributed by atoms with Crippen molar-refractivity contribution in [2.24, 2.45) is 5.10 Å². The van der Waals surface area contributed by atoms with Crippen LogP contribution in [0.4, 0.5) is 0 Å². The van der Waals surface area contributed by atoms with Gasteiger partial charge in [-0.2, -0.15) is 9.78 Å². The molecule has 0 amide bonds. The number of pyridine rings is 1. The van der Waals surface area contributed by atoms with E-state index in [2.05, 4.69) is 51.5 Å². The largest absolute Gasteiger partial charge is 0.264 e. The second-order valence-corrected chi connectivity index (χ2v) is 5.71. The first kappa shape index (κ1) is 14.5. The first-order chi connectivity index (χ1) is 10.8. The van der Waals surface area contributed by atoms with Crippen molar-refractivity contribution >= 4 is 18.0 Å². The molecule has 22 heavy (non-hydrogen) atoms. The number of aromatic nitrogens is 4. The Morgan fingerprint density at radius 1 is 1.23 bits per heavy atom. The molecular weight excluding hydrogens is 294 g/mol. The van der Waals surface area contributed by atoms with Gasteiger partial charge in [0.15, 0.2) is 0 Å². The highest BCUT2D eigenvalue weighted by Crippen LogP contribution is 2.20. The third kappa shape index (κ3) is 3.79. The zero-order chi connectivity index (χ0) is 15.2. The molecule has 0 radical (unpaired) electrons. The van der Waals surface area contributed by atoms with Crippen molar-refractivity contribution < 1.29 is 0 Å². The van der Waals surface area contributed by atoms with Gasteiger partial charge < -0.3 is 0 Å². The number of hydrogen-bond donors (Lipinski definition) is 0. The zero-order valence-electron chi connectivity index (χ0n) is 12.1. The molecule has 0 aliphatic rings. The molecule has 2 aromatic heterocycles. The molecule has 3 rings (SSSR count). The van der Waals surface area contributed by atoms with Gasteiger partial charge in [-0.05, 0) is 18.6 Å². The summed E-state index contributed by atoms with van der Waals surface area (Å²) in [4.78, 5) is 4.05. The SMILES string of the molecule is Cc1ccc(CSc2nncn2/N=C/c2cccnc2)cc1. The van der Waals surface area contributed by atoms with Gasteiger partial charge in [0, 0.05) is 23.7 Å². The van der Waals surface area contributed by atoms with E-state index in [1.807, 2.05) is 12.1 Å². The van der Waals surface area contributed by atoms with E-state index in [0.29, 0.717) is 0 Å². The van der Waals surface area contributed by atoms with E-state index in [1.165, 1.54) is 11.1 Å². The van der Waals surface area contributed by atoms with Crippen molar-refractivity contribution in [3.05, 3.63) is 71.8 Å².